The number of benzene rings is 3. The molecule has 0 unspecified atom stereocenters. The molecule has 0 aliphatic carbocycles. The van der Waals surface area contributed by atoms with Crippen molar-refractivity contribution in [2.75, 3.05) is 6.54 Å². The highest BCUT2D eigenvalue weighted by Gasteiger charge is 2.35. The number of imide groups is 1. The van der Waals surface area contributed by atoms with Gasteiger partial charge in [-0.2, -0.15) is 5.26 Å². The molecule has 3 aromatic carbocycles. The molecule has 5 nitrogen and oxygen atoms in total. The fourth-order valence-electron chi connectivity index (χ4n) is 3.79. The lowest BCUT2D eigenvalue weighted by molar-refractivity contribution is -0.140. The van der Waals surface area contributed by atoms with E-state index in [9.17, 15) is 14.9 Å². The zero-order valence-corrected chi connectivity index (χ0v) is 18.9. The second-order valence-electron chi connectivity index (χ2n) is 8.01. The Bertz CT molecular complexity index is 1280. The monoisotopic (exact) mass is 448 g/mol. The van der Waals surface area contributed by atoms with Gasteiger partial charge in [-0.1, -0.05) is 72.8 Å². The van der Waals surface area contributed by atoms with E-state index in [4.69, 9.17) is 4.74 Å². The first-order chi connectivity index (χ1) is 16.6. The molecule has 0 bridgehead atoms. The summed E-state index contributed by atoms with van der Waals surface area (Å²) < 4.78 is 5.83. The lowest BCUT2D eigenvalue weighted by atomic mass is 9.93. The first-order valence-corrected chi connectivity index (χ1v) is 11.1. The van der Waals surface area contributed by atoms with Crippen molar-refractivity contribution < 1.29 is 14.3 Å². The van der Waals surface area contributed by atoms with E-state index in [2.05, 4.69) is 0 Å². The molecule has 1 aliphatic rings. The zero-order chi connectivity index (χ0) is 23.9. The van der Waals surface area contributed by atoms with Crippen molar-refractivity contribution in [1.29, 1.82) is 5.26 Å². The molecule has 0 radical (unpaired) electrons. The van der Waals surface area contributed by atoms with Gasteiger partial charge < -0.3 is 4.74 Å². The smallest absolute Gasteiger partial charge is 0.271 e. The molecule has 5 heteroatoms. The van der Waals surface area contributed by atoms with Crippen molar-refractivity contribution in [2.24, 2.45) is 0 Å². The maximum atomic E-state index is 13.2. The number of ether oxygens (including phenoxy) is 1. The summed E-state index contributed by atoms with van der Waals surface area (Å²) in [5.41, 5.74) is 3.63. The van der Waals surface area contributed by atoms with Crippen molar-refractivity contribution in [2.45, 2.75) is 20.0 Å². The Hall–Kier alpha value is -4.43. The third-order valence-electron chi connectivity index (χ3n) is 5.73. The minimum Gasteiger partial charge on any atom is -0.489 e. The highest BCUT2D eigenvalue weighted by Crippen LogP contribution is 2.27. The van der Waals surface area contributed by atoms with E-state index in [1.54, 1.807) is 13.0 Å². The van der Waals surface area contributed by atoms with Crippen LogP contribution in [0.5, 0.6) is 5.75 Å². The summed E-state index contributed by atoms with van der Waals surface area (Å²) in [6.07, 6.45) is 2.24. The van der Waals surface area contributed by atoms with Gasteiger partial charge in [-0.15, -0.1) is 0 Å². The van der Waals surface area contributed by atoms with E-state index in [1.165, 1.54) is 4.90 Å². The minimum absolute atomic E-state index is 0.00160. The molecular weight excluding hydrogens is 424 g/mol. The predicted octanol–water partition coefficient (Wildman–Crippen LogP) is 5.10. The molecule has 3 aromatic rings. The summed E-state index contributed by atoms with van der Waals surface area (Å²) in [6.45, 7) is 2.32. The zero-order valence-electron chi connectivity index (χ0n) is 18.9. The summed E-state index contributed by atoms with van der Waals surface area (Å²) in [5.74, 6) is -0.213. The Kier molecular flexibility index (Phi) is 7.00. The molecule has 0 atom stereocenters. The standard InChI is InChI=1S/C29H24N2O3/c1-21-26(18-23-12-14-25(15-13-23)34-20-24-10-6-3-7-11-24)28(32)31(29(33)27(21)19-30)17-16-22-8-4-2-5-9-22/h2-15,18H,16-17,20H2,1H3/b26-18+. The summed E-state index contributed by atoms with van der Waals surface area (Å²) in [7, 11) is 0. The van der Waals surface area contributed by atoms with Crippen molar-refractivity contribution in [3.05, 3.63) is 118 Å². The summed E-state index contributed by atoms with van der Waals surface area (Å²) >= 11 is 0. The van der Waals surface area contributed by atoms with Crippen molar-refractivity contribution in [3.8, 4) is 11.8 Å². The van der Waals surface area contributed by atoms with E-state index in [1.807, 2.05) is 91.0 Å². The lowest BCUT2D eigenvalue weighted by Crippen LogP contribution is -2.43. The van der Waals surface area contributed by atoms with Crippen LogP contribution in [-0.4, -0.2) is 23.3 Å². The molecule has 168 valence electrons. The van der Waals surface area contributed by atoms with Crippen LogP contribution in [0, 0.1) is 11.3 Å². The van der Waals surface area contributed by atoms with Gasteiger partial charge in [-0.05, 0) is 53.8 Å². The first-order valence-electron chi connectivity index (χ1n) is 11.1. The molecule has 4 rings (SSSR count). The molecule has 0 N–H and O–H groups in total. The fraction of sp³-hybridized carbons (Fsp3) is 0.138. The second kappa shape index (κ2) is 10.5. The molecule has 1 heterocycles. The number of hydrogen-bond donors (Lipinski definition) is 0. The fourth-order valence-corrected chi connectivity index (χ4v) is 3.79. The molecule has 34 heavy (non-hydrogen) atoms. The van der Waals surface area contributed by atoms with Crippen LogP contribution in [0.15, 0.2) is 102 Å². The van der Waals surface area contributed by atoms with Crippen LogP contribution in [0.1, 0.15) is 23.6 Å². The van der Waals surface area contributed by atoms with Crippen LogP contribution in [0.2, 0.25) is 0 Å². The van der Waals surface area contributed by atoms with Gasteiger partial charge >= 0.3 is 0 Å². The number of carbonyl (C=O) groups is 2. The first kappa shape index (κ1) is 22.8. The average Bonchev–Trinajstić information content (AvgIpc) is 2.87. The quantitative estimate of drug-likeness (QED) is 0.372. The summed E-state index contributed by atoms with van der Waals surface area (Å²) in [5, 5.41) is 9.58. The summed E-state index contributed by atoms with van der Waals surface area (Å²) in [4.78, 5) is 27.2. The van der Waals surface area contributed by atoms with E-state index in [0.717, 1.165) is 16.7 Å². The Labute approximate surface area is 199 Å². The molecule has 0 saturated heterocycles. The molecular formula is C29H24N2O3. The van der Waals surface area contributed by atoms with Gasteiger partial charge in [0.1, 0.15) is 24.0 Å². The van der Waals surface area contributed by atoms with Crippen LogP contribution in [0.3, 0.4) is 0 Å². The van der Waals surface area contributed by atoms with E-state index in [0.29, 0.717) is 29.9 Å². The van der Waals surface area contributed by atoms with Crippen molar-refractivity contribution in [1.82, 2.24) is 4.90 Å². The van der Waals surface area contributed by atoms with Gasteiger partial charge in [0, 0.05) is 12.1 Å². The highest BCUT2D eigenvalue weighted by molar-refractivity contribution is 6.19. The molecule has 1 aliphatic heterocycles. The van der Waals surface area contributed by atoms with Crippen molar-refractivity contribution in [3.63, 3.8) is 0 Å². The minimum atomic E-state index is -0.539. The number of carbonyl (C=O) groups excluding carboxylic acids is 2. The Morgan fingerprint density at radius 2 is 1.47 bits per heavy atom. The number of nitriles is 1. The molecule has 0 aromatic heterocycles. The van der Waals surface area contributed by atoms with Crippen LogP contribution in [0.4, 0.5) is 0 Å². The van der Waals surface area contributed by atoms with Gasteiger partial charge in [0.2, 0.25) is 0 Å². The SMILES string of the molecule is CC1=C(C#N)C(=O)N(CCc2ccccc2)C(=O)/C1=C/c1ccc(OCc2ccccc2)cc1. The van der Waals surface area contributed by atoms with Crippen LogP contribution in [0.25, 0.3) is 6.08 Å². The van der Waals surface area contributed by atoms with Crippen LogP contribution >= 0.6 is 0 Å². The van der Waals surface area contributed by atoms with Crippen LogP contribution < -0.4 is 4.74 Å². The average molecular weight is 449 g/mol. The number of hydrogen-bond acceptors (Lipinski definition) is 4. The number of nitrogens with zero attached hydrogens (tertiary/aromatic N) is 2. The van der Waals surface area contributed by atoms with E-state index in [-0.39, 0.29) is 18.0 Å². The molecule has 0 saturated carbocycles. The third kappa shape index (κ3) is 5.13. The Morgan fingerprint density at radius 3 is 2.09 bits per heavy atom. The van der Waals surface area contributed by atoms with Gasteiger partial charge in [0.15, 0.2) is 0 Å². The predicted molar refractivity (Wildman–Crippen MR) is 130 cm³/mol. The van der Waals surface area contributed by atoms with E-state index < -0.39 is 5.91 Å². The van der Waals surface area contributed by atoms with Gasteiger partial charge in [-0.25, -0.2) is 0 Å². The number of amides is 2. The topological polar surface area (TPSA) is 70.4 Å². The second-order valence-corrected chi connectivity index (χ2v) is 8.01. The molecule has 0 fully saturated rings. The maximum absolute atomic E-state index is 13.2. The normalized spacial score (nSPS) is 14.9. The van der Waals surface area contributed by atoms with Gasteiger partial charge in [0.25, 0.3) is 11.8 Å². The van der Waals surface area contributed by atoms with Crippen molar-refractivity contribution >= 4 is 17.9 Å². The van der Waals surface area contributed by atoms with E-state index >= 15 is 0 Å². The largest absolute Gasteiger partial charge is 0.489 e. The number of rotatable bonds is 7. The molecule has 2 amide bonds. The Balaban J connectivity index is 1.53. The third-order valence-corrected chi connectivity index (χ3v) is 5.73. The van der Waals surface area contributed by atoms with Gasteiger partial charge in [0.05, 0.1) is 0 Å². The Morgan fingerprint density at radius 1 is 0.853 bits per heavy atom. The lowest BCUT2D eigenvalue weighted by Gasteiger charge is -2.27. The maximum Gasteiger partial charge on any atom is 0.271 e. The highest BCUT2D eigenvalue weighted by atomic mass is 16.5. The summed E-state index contributed by atoms with van der Waals surface area (Å²) in [6, 6.07) is 28.9. The van der Waals surface area contributed by atoms with Crippen LogP contribution in [-0.2, 0) is 22.6 Å². The van der Waals surface area contributed by atoms with Gasteiger partial charge in [-0.3, -0.25) is 14.5 Å². The molecule has 0 spiro atoms.